The van der Waals surface area contributed by atoms with Crippen LogP contribution in [-0.4, -0.2) is 21.3 Å². The molecule has 0 aliphatic heterocycles. The molecule has 0 aliphatic carbocycles. The lowest BCUT2D eigenvalue weighted by Gasteiger charge is -2.15. The summed E-state index contributed by atoms with van der Waals surface area (Å²) < 4.78 is 15.1. The standard InChI is InChI=1S/C12H9N3O3/c1-16-10-7(4-13)11(17-2)9(6-15)12(18-3)8(10)5-14/h1-3H3. The first kappa shape index (κ1) is 13.2. The number of rotatable bonds is 3. The Morgan fingerprint density at radius 2 is 0.833 bits per heavy atom. The van der Waals surface area contributed by atoms with Crippen LogP contribution in [0.3, 0.4) is 0 Å². The molecule has 90 valence electrons. The van der Waals surface area contributed by atoms with Gasteiger partial charge in [-0.3, -0.25) is 0 Å². The number of ether oxygens (including phenoxy) is 3. The predicted molar refractivity (Wildman–Crippen MR) is 60.2 cm³/mol. The topological polar surface area (TPSA) is 99.1 Å². The van der Waals surface area contributed by atoms with Crippen LogP contribution in [0.5, 0.6) is 17.2 Å². The molecule has 0 aromatic heterocycles. The highest BCUT2D eigenvalue weighted by Gasteiger charge is 2.26. The van der Waals surface area contributed by atoms with Gasteiger partial charge in [-0.05, 0) is 0 Å². The molecular weight excluding hydrogens is 234 g/mol. The number of nitriles is 3. The third kappa shape index (κ3) is 1.75. The maximum atomic E-state index is 9.10. The zero-order chi connectivity index (χ0) is 13.7. The summed E-state index contributed by atoms with van der Waals surface area (Å²) >= 11 is 0. The molecule has 0 unspecified atom stereocenters. The van der Waals surface area contributed by atoms with E-state index in [0.29, 0.717) is 0 Å². The van der Waals surface area contributed by atoms with Crippen LogP contribution < -0.4 is 14.2 Å². The molecule has 0 atom stereocenters. The smallest absolute Gasteiger partial charge is 0.162 e. The van der Waals surface area contributed by atoms with Crippen molar-refractivity contribution in [2.24, 2.45) is 0 Å². The summed E-state index contributed by atoms with van der Waals surface area (Å²) in [5.41, 5.74) is -0.0169. The number of benzene rings is 1. The average Bonchev–Trinajstić information content (AvgIpc) is 2.43. The molecule has 0 heterocycles. The fraction of sp³-hybridized carbons (Fsp3) is 0.250. The molecular formula is C12H9N3O3. The summed E-state index contributed by atoms with van der Waals surface area (Å²) in [6.45, 7) is 0. The van der Waals surface area contributed by atoms with Gasteiger partial charge in [0.1, 0.15) is 34.9 Å². The summed E-state index contributed by atoms with van der Waals surface area (Å²) in [7, 11) is 3.96. The van der Waals surface area contributed by atoms with Crippen LogP contribution in [0.15, 0.2) is 0 Å². The number of hydrogen-bond acceptors (Lipinski definition) is 6. The quantitative estimate of drug-likeness (QED) is 0.793. The van der Waals surface area contributed by atoms with Crippen LogP contribution >= 0.6 is 0 Å². The molecule has 0 saturated heterocycles. The van der Waals surface area contributed by atoms with Crippen LogP contribution in [-0.2, 0) is 0 Å². The van der Waals surface area contributed by atoms with E-state index in [1.807, 2.05) is 18.2 Å². The highest BCUT2D eigenvalue weighted by atomic mass is 16.5. The van der Waals surface area contributed by atoms with Gasteiger partial charge in [-0.25, -0.2) is 0 Å². The van der Waals surface area contributed by atoms with Crippen LogP contribution in [0, 0.1) is 34.0 Å². The summed E-state index contributed by atoms with van der Waals surface area (Å²) in [5.74, 6) is 0.105. The summed E-state index contributed by atoms with van der Waals surface area (Å²) in [5, 5.41) is 27.3. The molecule has 0 fully saturated rings. The van der Waals surface area contributed by atoms with Crippen molar-refractivity contribution in [2.45, 2.75) is 0 Å². The molecule has 1 rings (SSSR count). The number of nitrogens with zero attached hydrogens (tertiary/aromatic N) is 3. The van der Waals surface area contributed by atoms with E-state index in [0.717, 1.165) is 0 Å². The highest BCUT2D eigenvalue weighted by molar-refractivity contribution is 5.73. The van der Waals surface area contributed by atoms with Crippen molar-refractivity contribution in [3.05, 3.63) is 16.7 Å². The molecule has 6 nitrogen and oxygen atoms in total. The third-order valence-corrected chi connectivity index (χ3v) is 2.31. The second-order valence-corrected chi connectivity index (χ2v) is 3.06. The van der Waals surface area contributed by atoms with Gasteiger partial charge in [-0.1, -0.05) is 0 Å². The minimum absolute atomic E-state index is 0.00565. The Bertz CT molecular complexity index is 496. The zero-order valence-corrected chi connectivity index (χ0v) is 10.1. The molecule has 0 aliphatic rings. The summed E-state index contributed by atoms with van der Waals surface area (Å²) in [6, 6.07) is 5.58. The molecule has 6 heteroatoms. The fourth-order valence-electron chi connectivity index (χ4n) is 1.60. The minimum atomic E-state index is -0.00565. The van der Waals surface area contributed by atoms with Crippen molar-refractivity contribution >= 4 is 0 Å². The van der Waals surface area contributed by atoms with E-state index in [9.17, 15) is 0 Å². The second kappa shape index (κ2) is 5.43. The van der Waals surface area contributed by atoms with Gasteiger partial charge in [0.2, 0.25) is 0 Å². The van der Waals surface area contributed by atoms with Crippen molar-refractivity contribution in [3.8, 4) is 35.5 Å². The Balaban J connectivity index is 3.95. The van der Waals surface area contributed by atoms with Gasteiger partial charge < -0.3 is 14.2 Å². The van der Waals surface area contributed by atoms with Crippen molar-refractivity contribution in [2.75, 3.05) is 21.3 Å². The van der Waals surface area contributed by atoms with Crippen LogP contribution in [0.1, 0.15) is 16.7 Å². The first-order chi connectivity index (χ1) is 8.69. The molecule has 18 heavy (non-hydrogen) atoms. The monoisotopic (exact) mass is 243 g/mol. The molecule has 0 saturated carbocycles. The van der Waals surface area contributed by atoms with Crippen molar-refractivity contribution in [1.82, 2.24) is 0 Å². The van der Waals surface area contributed by atoms with Gasteiger partial charge in [-0.2, -0.15) is 15.8 Å². The molecule has 0 amide bonds. The lowest BCUT2D eigenvalue weighted by atomic mass is 10.0. The fourth-order valence-corrected chi connectivity index (χ4v) is 1.60. The zero-order valence-electron chi connectivity index (χ0n) is 10.1. The number of hydrogen-bond donors (Lipinski definition) is 0. The molecule has 0 spiro atoms. The van der Waals surface area contributed by atoms with E-state index in [2.05, 4.69) is 0 Å². The SMILES string of the molecule is COc1c(C#N)c(OC)c(C#N)c(OC)c1C#N. The highest BCUT2D eigenvalue weighted by Crippen LogP contribution is 2.42. The van der Waals surface area contributed by atoms with Gasteiger partial charge >= 0.3 is 0 Å². The summed E-state index contributed by atoms with van der Waals surface area (Å²) in [4.78, 5) is 0. The van der Waals surface area contributed by atoms with E-state index < -0.39 is 0 Å². The first-order valence-electron chi connectivity index (χ1n) is 4.76. The Hall–Kier alpha value is -2.91. The van der Waals surface area contributed by atoms with Crippen LogP contribution in [0.25, 0.3) is 0 Å². The van der Waals surface area contributed by atoms with Gasteiger partial charge in [0, 0.05) is 0 Å². The minimum Gasteiger partial charge on any atom is -0.494 e. The van der Waals surface area contributed by atoms with Crippen molar-refractivity contribution in [3.63, 3.8) is 0 Å². The lowest BCUT2D eigenvalue weighted by Crippen LogP contribution is -2.03. The van der Waals surface area contributed by atoms with Crippen LogP contribution in [0.4, 0.5) is 0 Å². The molecule has 0 radical (unpaired) electrons. The lowest BCUT2D eigenvalue weighted by molar-refractivity contribution is 0.370. The average molecular weight is 243 g/mol. The van der Waals surface area contributed by atoms with Gasteiger partial charge in [0.15, 0.2) is 17.2 Å². The summed E-state index contributed by atoms with van der Waals surface area (Å²) in [6.07, 6.45) is 0. The maximum Gasteiger partial charge on any atom is 0.162 e. The van der Waals surface area contributed by atoms with E-state index >= 15 is 0 Å². The van der Waals surface area contributed by atoms with Gasteiger partial charge in [0.25, 0.3) is 0 Å². The third-order valence-electron chi connectivity index (χ3n) is 2.31. The van der Waals surface area contributed by atoms with Crippen LogP contribution in [0.2, 0.25) is 0 Å². The van der Waals surface area contributed by atoms with Crippen molar-refractivity contribution in [1.29, 1.82) is 15.8 Å². The normalized spacial score (nSPS) is 8.67. The van der Waals surface area contributed by atoms with E-state index in [4.69, 9.17) is 30.0 Å². The first-order valence-corrected chi connectivity index (χ1v) is 4.76. The predicted octanol–water partition coefficient (Wildman–Crippen LogP) is 1.33. The van der Waals surface area contributed by atoms with E-state index in [-0.39, 0.29) is 33.9 Å². The molecule has 0 N–H and O–H groups in total. The van der Waals surface area contributed by atoms with Gasteiger partial charge in [-0.15, -0.1) is 0 Å². The van der Waals surface area contributed by atoms with Gasteiger partial charge in [0.05, 0.1) is 21.3 Å². The Labute approximate surface area is 104 Å². The van der Waals surface area contributed by atoms with Crippen molar-refractivity contribution < 1.29 is 14.2 Å². The van der Waals surface area contributed by atoms with E-state index in [1.165, 1.54) is 21.3 Å². The van der Waals surface area contributed by atoms with E-state index in [1.54, 1.807) is 0 Å². The molecule has 1 aromatic rings. The Kier molecular flexibility index (Phi) is 3.97. The Morgan fingerprint density at radius 1 is 0.611 bits per heavy atom. The molecule has 0 bridgehead atoms. The largest absolute Gasteiger partial charge is 0.494 e. The second-order valence-electron chi connectivity index (χ2n) is 3.06. The maximum absolute atomic E-state index is 9.10. The Morgan fingerprint density at radius 3 is 0.944 bits per heavy atom. The number of methoxy groups -OCH3 is 3. The molecule has 1 aromatic carbocycles.